The van der Waals surface area contributed by atoms with Gasteiger partial charge in [0.2, 0.25) is 11.8 Å². The topological polar surface area (TPSA) is 122 Å². The number of carbonyl (C=O) groups excluding carboxylic acids is 3. The first-order chi connectivity index (χ1) is 12.9. The van der Waals surface area contributed by atoms with Crippen molar-refractivity contribution in [3.8, 4) is 5.75 Å². The van der Waals surface area contributed by atoms with E-state index in [4.69, 9.17) is 5.73 Å². The molecule has 27 heavy (non-hydrogen) atoms. The van der Waals surface area contributed by atoms with Crippen LogP contribution < -0.4 is 16.4 Å². The predicted octanol–water partition coefficient (Wildman–Crippen LogP) is 1.28. The molecule has 0 fully saturated rings. The first kappa shape index (κ1) is 22.6. The number of hydrogen-bond donors (Lipinski definition) is 4. The molecule has 1 aromatic rings. The van der Waals surface area contributed by atoms with Crippen molar-refractivity contribution in [2.75, 3.05) is 13.1 Å². The number of amides is 2. The van der Waals surface area contributed by atoms with Gasteiger partial charge in [0.1, 0.15) is 17.6 Å². The highest BCUT2D eigenvalue weighted by atomic mass is 16.3. The van der Waals surface area contributed by atoms with Crippen LogP contribution in [0.15, 0.2) is 24.3 Å². The Labute approximate surface area is 160 Å². The average molecular weight is 377 g/mol. The summed E-state index contributed by atoms with van der Waals surface area (Å²) in [6, 6.07) is 6.02. The van der Waals surface area contributed by atoms with E-state index < -0.39 is 6.04 Å². The van der Waals surface area contributed by atoms with Gasteiger partial charge in [-0.05, 0) is 30.0 Å². The number of phenolic OH excluding ortho intramolecular Hbond substituents is 1. The van der Waals surface area contributed by atoms with Crippen LogP contribution in [0.4, 0.5) is 0 Å². The lowest BCUT2D eigenvalue weighted by atomic mass is 9.98. The van der Waals surface area contributed by atoms with Crippen LogP contribution in [0.5, 0.6) is 5.75 Å². The number of phenols is 1. The van der Waals surface area contributed by atoms with Crippen LogP contribution in [0.1, 0.15) is 45.1 Å². The zero-order valence-electron chi connectivity index (χ0n) is 16.2. The minimum absolute atomic E-state index is 0.000820. The van der Waals surface area contributed by atoms with E-state index in [1.807, 2.05) is 13.8 Å². The normalized spacial score (nSPS) is 12.9. The molecule has 7 heteroatoms. The molecule has 0 saturated heterocycles. The number of carbonyl (C=O) groups is 3. The molecule has 2 unspecified atom stereocenters. The number of nitrogens with two attached hydrogens (primary N) is 1. The molecule has 0 aromatic heterocycles. The zero-order valence-corrected chi connectivity index (χ0v) is 16.2. The summed E-state index contributed by atoms with van der Waals surface area (Å²) in [4.78, 5) is 36.2. The monoisotopic (exact) mass is 377 g/mol. The van der Waals surface area contributed by atoms with Crippen molar-refractivity contribution in [1.29, 1.82) is 0 Å². The van der Waals surface area contributed by atoms with Gasteiger partial charge in [-0.25, -0.2) is 0 Å². The lowest BCUT2D eigenvalue weighted by Gasteiger charge is -2.23. The Morgan fingerprint density at radius 3 is 2.59 bits per heavy atom. The summed E-state index contributed by atoms with van der Waals surface area (Å²) in [5.74, 6) is -0.293. The largest absolute Gasteiger partial charge is 0.508 e. The number of hydrogen-bond acceptors (Lipinski definition) is 5. The Hall–Kier alpha value is -2.41. The predicted molar refractivity (Wildman–Crippen MR) is 104 cm³/mol. The second-order valence-corrected chi connectivity index (χ2v) is 6.75. The number of aromatic hydroxyl groups is 1. The molecule has 1 rings (SSSR count). The van der Waals surface area contributed by atoms with Gasteiger partial charge in [0.15, 0.2) is 0 Å². The van der Waals surface area contributed by atoms with Crippen molar-refractivity contribution in [3.63, 3.8) is 0 Å². The number of ketones is 1. The molecule has 5 N–H and O–H groups in total. The molecule has 0 spiro atoms. The van der Waals surface area contributed by atoms with Crippen molar-refractivity contribution >= 4 is 17.6 Å². The maximum Gasteiger partial charge on any atom is 0.242 e. The van der Waals surface area contributed by atoms with Crippen LogP contribution in [-0.2, 0) is 20.8 Å². The van der Waals surface area contributed by atoms with Gasteiger partial charge in [0.05, 0.1) is 0 Å². The van der Waals surface area contributed by atoms with E-state index in [2.05, 4.69) is 10.6 Å². The number of Topliss-reactive ketones (excluding diaryl/α,β-unsaturated/α-hetero) is 1. The van der Waals surface area contributed by atoms with E-state index in [1.165, 1.54) is 0 Å². The zero-order chi connectivity index (χ0) is 20.2. The summed E-state index contributed by atoms with van der Waals surface area (Å²) in [6.45, 7) is 4.47. The van der Waals surface area contributed by atoms with Crippen LogP contribution >= 0.6 is 0 Å². The van der Waals surface area contributed by atoms with Crippen LogP contribution in [-0.4, -0.2) is 41.8 Å². The fourth-order valence-electron chi connectivity index (χ4n) is 2.67. The maximum atomic E-state index is 12.4. The summed E-state index contributed by atoms with van der Waals surface area (Å²) >= 11 is 0. The molecule has 2 atom stereocenters. The van der Waals surface area contributed by atoms with E-state index >= 15 is 0 Å². The van der Waals surface area contributed by atoms with Gasteiger partial charge in [-0.1, -0.05) is 32.4 Å². The van der Waals surface area contributed by atoms with Crippen LogP contribution in [0.3, 0.4) is 0 Å². The molecule has 150 valence electrons. The van der Waals surface area contributed by atoms with E-state index in [9.17, 15) is 19.5 Å². The highest BCUT2D eigenvalue weighted by Gasteiger charge is 2.25. The summed E-state index contributed by atoms with van der Waals surface area (Å²) in [6.07, 6.45) is 2.05. The number of nitrogens with one attached hydrogen (secondary N) is 2. The molecule has 1 aromatic carbocycles. The number of rotatable bonds is 12. The average Bonchev–Trinajstić information content (AvgIpc) is 2.62. The van der Waals surface area contributed by atoms with Crippen molar-refractivity contribution in [1.82, 2.24) is 10.6 Å². The lowest BCUT2D eigenvalue weighted by Crippen LogP contribution is -2.50. The quantitative estimate of drug-likeness (QED) is 0.409. The third kappa shape index (κ3) is 8.68. The smallest absolute Gasteiger partial charge is 0.242 e. The van der Waals surface area contributed by atoms with E-state index in [-0.39, 0.29) is 48.7 Å². The molecule has 0 heterocycles. The van der Waals surface area contributed by atoms with Crippen molar-refractivity contribution in [2.45, 2.75) is 52.0 Å². The summed E-state index contributed by atoms with van der Waals surface area (Å²) in [5.41, 5.74) is 6.14. The molecule has 0 bridgehead atoms. The van der Waals surface area contributed by atoms with Crippen LogP contribution in [0, 0.1) is 5.92 Å². The van der Waals surface area contributed by atoms with E-state index in [1.54, 1.807) is 24.3 Å². The fraction of sp³-hybridized carbons (Fsp3) is 0.550. The first-order valence-corrected chi connectivity index (χ1v) is 9.44. The van der Waals surface area contributed by atoms with E-state index in [0.29, 0.717) is 19.4 Å². The molecule has 7 nitrogen and oxygen atoms in total. The second-order valence-electron chi connectivity index (χ2n) is 6.75. The molecule has 0 aliphatic rings. The van der Waals surface area contributed by atoms with Gasteiger partial charge in [-0.2, -0.15) is 0 Å². The Morgan fingerprint density at radius 2 is 1.96 bits per heavy atom. The molecule has 0 saturated carbocycles. The molecular formula is C20H31N3O4. The highest BCUT2D eigenvalue weighted by Crippen LogP contribution is 2.12. The third-order valence-electron chi connectivity index (χ3n) is 4.43. The molecule has 0 radical (unpaired) electrons. The SMILES string of the molecule is CCC(C)C(NC(=O)CCN)C(=O)NCCCC(=O)Cc1cccc(O)c1. The molecular weight excluding hydrogens is 346 g/mol. The van der Waals surface area contributed by atoms with Crippen molar-refractivity contribution in [2.24, 2.45) is 11.7 Å². The van der Waals surface area contributed by atoms with Gasteiger partial charge in [0.25, 0.3) is 0 Å². The fourth-order valence-corrected chi connectivity index (χ4v) is 2.67. The van der Waals surface area contributed by atoms with Gasteiger partial charge >= 0.3 is 0 Å². The van der Waals surface area contributed by atoms with E-state index in [0.717, 1.165) is 12.0 Å². The maximum absolute atomic E-state index is 12.4. The summed E-state index contributed by atoms with van der Waals surface area (Å²) in [7, 11) is 0. The van der Waals surface area contributed by atoms with Crippen LogP contribution in [0.2, 0.25) is 0 Å². The minimum atomic E-state index is -0.600. The Balaban J connectivity index is 2.40. The summed E-state index contributed by atoms with van der Waals surface area (Å²) < 4.78 is 0. The van der Waals surface area contributed by atoms with Gasteiger partial charge < -0.3 is 21.5 Å². The molecule has 0 aliphatic carbocycles. The molecule has 0 aliphatic heterocycles. The Morgan fingerprint density at radius 1 is 1.22 bits per heavy atom. The third-order valence-corrected chi connectivity index (χ3v) is 4.43. The van der Waals surface area contributed by atoms with Crippen molar-refractivity contribution in [3.05, 3.63) is 29.8 Å². The Kier molecular flexibility index (Phi) is 10.1. The standard InChI is InChI=1S/C20H31N3O4/c1-3-14(2)19(23-18(26)9-10-21)20(27)22-11-5-8-17(25)13-15-6-4-7-16(24)12-15/h4,6-7,12,14,19,24H,3,5,8-11,13,21H2,1-2H3,(H,22,27)(H,23,26). The van der Waals surface area contributed by atoms with Crippen molar-refractivity contribution < 1.29 is 19.5 Å². The minimum Gasteiger partial charge on any atom is -0.508 e. The second kappa shape index (κ2) is 12.1. The lowest BCUT2D eigenvalue weighted by molar-refractivity contribution is -0.130. The van der Waals surface area contributed by atoms with Gasteiger partial charge in [0, 0.05) is 32.4 Å². The van der Waals surface area contributed by atoms with Crippen LogP contribution in [0.25, 0.3) is 0 Å². The highest BCUT2D eigenvalue weighted by molar-refractivity contribution is 5.88. The molecule has 2 amide bonds. The number of benzene rings is 1. The Bertz CT molecular complexity index is 633. The van der Waals surface area contributed by atoms with Gasteiger partial charge in [-0.3, -0.25) is 14.4 Å². The summed E-state index contributed by atoms with van der Waals surface area (Å²) in [5, 5.41) is 14.9. The first-order valence-electron chi connectivity index (χ1n) is 9.44. The van der Waals surface area contributed by atoms with Gasteiger partial charge in [-0.15, -0.1) is 0 Å².